The second kappa shape index (κ2) is 9.37. The fourth-order valence-electron chi connectivity index (χ4n) is 3.39. The van der Waals surface area contributed by atoms with Crippen molar-refractivity contribution in [1.82, 2.24) is 10.2 Å². The van der Waals surface area contributed by atoms with Gasteiger partial charge in [-0.15, -0.1) is 0 Å². The molecule has 148 valence electrons. The predicted octanol–water partition coefficient (Wildman–Crippen LogP) is 2.84. The Labute approximate surface area is 165 Å². The number of benzene rings is 2. The summed E-state index contributed by atoms with van der Waals surface area (Å²) in [5, 5.41) is 3.34. The Morgan fingerprint density at radius 3 is 2.61 bits per heavy atom. The molecular weight excluding hydrogens is 356 g/mol. The van der Waals surface area contributed by atoms with E-state index in [0.717, 1.165) is 17.9 Å². The fraction of sp³-hybridized carbons (Fsp3) is 0.364. The molecule has 3 rings (SSSR count). The molecule has 1 atom stereocenters. The van der Waals surface area contributed by atoms with Gasteiger partial charge in [0.1, 0.15) is 11.5 Å². The third-order valence-electron chi connectivity index (χ3n) is 4.92. The number of nitrogens with zero attached hydrogens (tertiary/aromatic N) is 1. The largest absolute Gasteiger partial charge is 0.496 e. The lowest BCUT2D eigenvalue weighted by Gasteiger charge is -2.37. The highest BCUT2D eigenvalue weighted by Crippen LogP contribution is 2.30. The number of para-hydroxylation sites is 1. The summed E-state index contributed by atoms with van der Waals surface area (Å²) in [6.45, 7) is 3.80. The van der Waals surface area contributed by atoms with E-state index in [-0.39, 0.29) is 24.3 Å². The number of methoxy groups -OCH3 is 1. The molecule has 1 amide bonds. The first-order chi connectivity index (χ1) is 13.6. The monoisotopic (exact) mass is 382 g/mol. The zero-order valence-electron chi connectivity index (χ0n) is 16.3. The molecule has 6 heteroatoms. The Balaban J connectivity index is 1.67. The molecule has 1 aliphatic rings. The minimum atomic E-state index is -0.106. The summed E-state index contributed by atoms with van der Waals surface area (Å²) in [4.78, 5) is 26.4. The number of Topliss-reactive ketones (excluding diaryl/α,β-unsaturated/α-hetero) is 1. The molecule has 1 N–H and O–H groups in total. The van der Waals surface area contributed by atoms with Crippen molar-refractivity contribution in [1.29, 1.82) is 0 Å². The first kappa shape index (κ1) is 19.9. The van der Waals surface area contributed by atoms with Gasteiger partial charge in [0.2, 0.25) is 0 Å². The van der Waals surface area contributed by atoms with Gasteiger partial charge in [-0.1, -0.05) is 25.1 Å². The van der Waals surface area contributed by atoms with Gasteiger partial charge in [-0.05, 0) is 30.3 Å². The SMILES string of the molecule is CCC(=O)c1ccc(OCC(=O)N2CCNCC2c2ccccc2OC)cc1. The third kappa shape index (κ3) is 4.51. The summed E-state index contributed by atoms with van der Waals surface area (Å²) < 4.78 is 11.1. The molecule has 1 aliphatic heterocycles. The van der Waals surface area contributed by atoms with Crippen molar-refractivity contribution < 1.29 is 19.1 Å². The van der Waals surface area contributed by atoms with E-state index in [1.54, 1.807) is 31.4 Å². The third-order valence-corrected chi connectivity index (χ3v) is 4.92. The number of hydrogen-bond acceptors (Lipinski definition) is 5. The molecule has 0 aromatic heterocycles. The number of hydrogen-bond donors (Lipinski definition) is 1. The van der Waals surface area contributed by atoms with Crippen LogP contribution in [-0.2, 0) is 4.79 Å². The lowest BCUT2D eigenvalue weighted by Crippen LogP contribution is -2.50. The van der Waals surface area contributed by atoms with Gasteiger partial charge < -0.3 is 19.7 Å². The van der Waals surface area contributed by atoms with E-state index in [1.165, 1.54) is 0 Å². The van der Waals surface area contributed by atoms with Crippen molar-refractivity contribution in [2.24, 2.45) is 0 Å². The van der Waals surface area contributed by atoms with Crippen molar-refractivity contribution in [2.75, 3.05) is 33.4 Å². The van der Waals surface area contributed by atoms with Crippen LogP contribution in [0.25, 0.3) is 0 Å². The molecule has 0 radical (unpaired) electrons. The average Bonchev–Trinajstić information content (AvgIpc) is 2.77. The molecule has 2 aromatic carbocycles. The quantitative estimate of drug-likeness (QED) is 0.746. The molecule has 1 unspecified atom stereocenters. The van der Waals surface area contributed by atoms with E-state index in [9.17, 15) is 9.59 Å². The number of nitrogens with one attached hydrogen (secondary N) is 1. The van der Waals surface area contributed by atoms with E-state index >= 15 is 0 Å². The second-order valence-corrected chi connectivity index (χ2v) is 6.64. The van der Waals surface area contributed by atoms with Crippen LogP contribution < -0.4 is 14.8 Å². The van der Waals surface area contributed by atoms with Crippen molar-refractivity contribution in [2.45, 2.75) is 19.4 Å². The average molecular weight is 382 g/mol. The van der Waals surface area contributed by atoms with Crippen LogP contribution >= 0.6 is 0 Å². The first-order valence-electron chi connectivity index (χ1n) is 9.53. The molecule has 0 spiro atoms. The van der Waals surface area contributed by atoms with Gasteiger partial charge in [0.25, 0.3) is 5.91 Å². The van der Waals surface area contributed by atoms with Gasteiger partial charge >= 0.3 is 0 Å². The van der Waals surface area contributed by atoms with Crippen molar-refractivity contribution in [3.8, 4) is 11.5 Å². The lowest BCUT2D eigenvalue weighted by atomic mass is 10.0. The molecule has 1 heterocycles. The van der Waals surface area contributed by atoms with Crippen LogP contribution in [0.15, 0.2) is 48.5 Å². The van der Waals surface area contributed by atoms with Gasteiger partial charge in [0.15, 0.2) is 12.4 Å². The highest BCUT2D eigenvalue weighted by molar-refractivity contribution is 5.95. The van der Waals surface area contributed by atoms with Gasteiger partial charge in [-0.25, -0.2) is 0 Å². The molecule has 1 saturated heterocycles. The Hall–Kier alpha value is -2.86. The number of amides is 1. The molecule has 28 heavy (non-hydrogen) atoms. The Bertz CT molecular complexity index is 820. The van der Waals surface area contributed by atoms with Crippen LogP contribution in [0.4, 0.5) is 0 Å². The number of ketones is 1. The zero-order valence-corrected chi connectivity index (χ0v) is 16.3. The predicted molar refractivity (Wildman–Crippen MR) is 107 cm³/mol. The second-order valence-electron chi connectivity index (χ2n) is 6.64. The smallest absolute Gasteiger partial charge is 0.261 e. The highest BCUT2D eigenvalue weighted by Gasteiger charge is 2.29. The molecular formula is C22H26N2O4. The van der Waals surface area contributed by atoms with E-state index in [2.05, 4.69) is 5.32 Å². The number of piperazine rings is 1. The fourth-order valence-corrected chi connectivity index (χ4v) is 3.39. The lowest BCUT2D eigenvalue weighted by molar-refractivity contribution is -0.136. The van der Waals surface area contributed by atoms with E-state index in [4.69, 9.17) is 9.47 Å². The van der Waals surface area contributed by atoms with Crippen molar-refractivity contribution in [3.63, 3.8) is 0 Å². The molecule has 0 saturated carbocycles. The molecule has 0 aliphatic carbocycles. The number of carbonyl (C=O) groups excluding carboxylic acids is 2. The normalized spacial score (nSPS) is 16.5. The summed E-state index contributed by atoms with van der Waals surface area (Å²) in [6, 6.07) is 14.6. The maximum Gasteiger partial charge on any atom is 0.261 e. The number of rotatable bonds is 7. The van der Waals surface area contributed by atoms with Crippen LogP contribution in [0.2, 0.25) is 0 Å². The minimum absolute atomic E-state index is 0.0489. The van der Waals surface area contributed by atoms with E-state index in [0.29, 0.717) is 30.8 Å². The maximum absolute atomic E-state index is 12.9. The Morgan fingerprint density at radius 1 is 1.14 bits per heavy atom. The van der Waals surface area contributed by atoms with Crippen LogP contribution in [0.1, 0.15) is 35.3 Å². The van der Waals surface area contributed by atoms with Gasteiger partial charge in [0, 0.05) is 37.2 Å². The summed E-state index contributed by atoms with van der Waals surface area (Å²) in [7, 11) is 1.64. The summed E-state index contributed by atoms with van der Waals surface area (Å²) in [5.41, 5.74) is 1.63. The maximum atomic E-state index is 12.9. The van der Waals surface area contributed by atoms with Crippen LogP contribution in [0.3, 0.4) is 0 Å². The van der Waals surface area contributed by atoms with E-state index < -0.39 is 0 Å². The van der Waals surface area contributed by atoms with Gasteiger partial charge in [-0.2, -0.15) is 0 Å². The molecule has 2 aromatic rings. The minimum Gasteiger partial charge on any atom is -0.496 e. The molecule has 0 bridgehead atoms. The van der Waals surface area contributed by atoms with Crippen LogP contribution in [0, 0.1) is 0 Å². The molecule has 6 nitrogen and oxygen atoms in total. The van der Waals surface area contributed by atoms with Crippen LogP contribution in [0.5, 0.6) is 11.5 Å². The number of carbonyl (C=O) groups is 2. The molecule has 1 fully saturated rings. The standard InChI is InChI=1S/C22H26N2O4/c1-3-20(25)16-8-10-17(11-9-16)28-15-22(26)24-13-12-23-14-19(24)18-6-4-5-7-21(18)27-2/h4-11,19,23H,3,12-15H2,1-2H3. The summed E-state index contributed by atoms with van der Waals surface area (Å²) >= 11 is 0. The first-order valence-corrected chi connectivity index (χ1v) is 9.53. The summed E-state index contributed by atoms with van der Waals surface area (Å²) in [6.07, 6.45) is 0.464. The van der Waals surface area contributed by atoms with Crippen molar-refractivity contribution >= 4 is 11.7 Å². The zero-order chi connectivity index (χ0) is 19.9. The Kier molecular flexibility index (Phi) is 6.66. The van der Waals surface area contributed by atoms with Gasteiger partial charge in [0.05, 0.1) is 13.2 Å². The summed E-state index contributed by atoms with van der Waals surface area (Å²) in [5.74, 6) is 1.35. The van der Waals surface area contributed by atoms with Gasteiger partial charge in [-0.3, -0.25) is 9.59 Å². The Morgan fingerprint density at radius 2 is 1.89 bits per heavy atom. The topological polar surface area (TPSA) is 67.9 Å². The van der Waals surface area contributed by atoms with Crippen molar-refractivity contribution in [3.05, 3.63) is 59.7 Å². The van der Waals surface area contributed by atoms with Crippen LogP contribution in [-0.4, -0.2) is 49.9 Å². The highest BCUT2D eigenvalue weighted by atomic mass is 16.5. The van der Waals surface area contributed by atoms with E-state index in [1.807, 2.05) is 36.1 Å². The number of ether oxygens (including phenoxy) is 2.